The monoisotopic (exact) mass is 420 g/mol. The number of nitrogen functional groups attached to an aromatic ring is 1. The first-order chi connectivity index (χ1) is 14.8. The number of aryl methyl sites for hydroxylation is 1. The molecule has 6 heteroatoms. The SMILES string of the molecule is CCCc1nc2c(N)nc3ccccc3c2n1CCOCCCSc1ccccc1. The molecule has 0 saturated heterocycles. The van der Waals surface area contributed by atoms with E-state index in [0.29, 0.717) is 12.4 Å². The Labute approximate surface area is 181 Å². The molecule has 4 aromatic rings. The average Bonchev–Trinajstić information content (AvgIpc) is 3.13. The summed E-state index contributed by atoms with van der Waals surface area (Å²) >= 11 is 1.87. The molecule has 0 saturated carbocycles. The van der Waals surface area contributed by atoms with Gasteiger partial charge in [-0.2, -0.15) is 0 Å². The number of hydrogen-bond acceptors (Lipinski definition) is 5. The largest absolute Gasteiger partial charge is 0.382 e. The van der Waals surface area contributed by atoms with Gasteiger partial charge in [-0.1, -0.05) is 43.3 Å². The first-order valence-electron chi connectivity index (χ1n) is 10.6. The molecule has 2 aromatic carbocycles. The molecule has 0 atom stereocenters. The molecule has 156 valence electrons. The van der Waals surface area contributed by atoms with Gasteiger partial charge in [0.1, 0.15) is 11.3 Å². The number of ether oxygens (including phenoxy) is 1. The highest BCUT2D eigenvalue weighted by Gasteiger charge is 2.16. The minimum atomic E-state index is 0.499. The zero-order valence-electron chi connectivity index (χ0n) is 17.4. The second-order valence-corrected chi connectivity index (χ2v) is 8.44. The Bertz CT molecular complexity index is 1110. The molecule has 0 bridgehead atoms. The van der Waals surface area contributed by atoms with E-state index in [1.54, 1.807) is 0 Å². The number of anilines is 1. The van der Waals surface area contributed by atoms with Gasteiger partial charge in [0.25, 0.3) is 0 Å². The molecule has 0 aliphatic rings. The standard InChI is InChI=1S/C24H28N4OS/c1-2-9-21-27-22-23(19-12-6-7-13-20(19)26-24(22)25)28(21)14-16-29-15-8-17-30-18-10-4-3-5-11-18/h3-7,10-13H,2,8-9,14-17H2,1H3,(H2,25,26). The quantitative estimate of drug-likeness (QED) is 0.278. The van der Waals surface area contributed by atoms with Crippen LogP contribution >= 0.6 is 11.8 Å². The number of aromatic nitrogens is 3. The van der Waals surface area contributed by atoms with Crippen molar-refractivity contribution in [1.82, 2.24) is 14.5 Å². The van der Waals surface area contributed by atoms with Crippen LogP contribution in [0, 0.1) is 0 Å². The summed E-state index contributed by atoms with van der Waals surface area (Å²) in [6.07, 6.45) is 2.98. The Hall–Kier alpha value is -2.57. The van der Waals surface area contributed by atoms with Crippen molar-refractivity contribution in [2.45, 2.75) is 37.6 Å². The Balaban J connectivity index is 1.42. The number of fused-ring (bicyclic) bond motifs is 3. The number of pyridine rings is 1. The Morgan fingerprint density at radius 1 is 1.00 bits per heavy atom. The molecule has 2 heterocycles. The van der Waals surface area contributed by atoms with E-state index in [1.165, 1.54) is 4.90 Å². The molecule has 0 radical (unpaired) electrons. The van der Waals surface area contributed by atoms with Crippen molar-refractivity contribution < 1.29 is 4.74 Å². The number of nitrogens with two attached hydrogens (primary N) is 1. The molecular weight excluding hydrogens is 392 g/mol. The predicted octanol–water partition coefficient (Wildman–Crippen LogP) is 5.32. The van der Waals surface area contributed by atoms with E-state index in [9.17, 15) is 0 Å². The number of hydrogen-bond donors (Lipinski definition) is 1. The van der Waals surface area contributed by atoms with Crippen LogP contribution in [0.15, 0.2) is 59.5 Å². The highest BCUT2D eigenvalue weighted by molar-refractivity contribution is 7.99. The van der Waals surface area contributed by atoms with Crippen molar-refractivity contribution in [2.75, 3.05) is 24.7 Å². The van der Waals surface area contributed by atoms with Gasteiger partial charge in [0.15, 0.2) is 5.82 Å². The van der Waals surface area contributed by atoms with E-state index in [1.807, 2.05) is 36.0 Å². The van der Waals surface area contributed by atoms with E-state index in [2.05, 4.69) is 46.8 Å². The van der Waals surface area contributed by atoms with E-state index < -0.39 is 0 Å². The fraction of sp³-hybridized carbons (Fsp3) is 0.333. The van der Waals surface area contributed by atoms with Gasteiger partial charge >= 0.3 is 0 Å². The number of nitrogens with zero attached hydrogens (tertiary/aromatic N) is 3. The summed E-state index contributed by atoms with van der Waals surface area (Å²) in [7, 11) is 0. The van der Waals surface area contributed by atoms with Gasteiger partial charge in [-0.05, 0) is 31.0 Å². The van der Waals surface area contributed by atoms with E-state index in [0.717, 1.165) is 65.9 Å². The normalized spacial score (nSPS) is 11.5. The lowest BCUT2D eigenvalue weighted by Crippen LogP contribution is -2.10. The zero-order valence-corrected chi connectivity index (χ0v) is 18.2. The number of rotatable bonds is 10. The summed E-state index contributed by atoms with van der Waals surface area (Å²) in [6.45, 7) is 4.37. The van der Waals surface area contributed by atoms with Crippen LogP contribution in [-0.2, 0) is 17.7 Å². The molecular formula is C24H28N4OS. The van der Waals surface area contributed by atoms with Crippen molar-refractivity contribution >= 4 is 39.5 Å². The van der Waals surface area contributed by atoms with Crippen molar-refractivity contribution in [3.05, 3.63) is 60.4 Å². The lowest BCUT2D eigenvalue weighted by Gasteiger charge is -2.11. The van der Waals surface area contributed by atoms with Crippen molar-refractivity contribution in [3.63, 3.8) is 0 Å². The third-order valence-corrected chi connectivity index (χ3v) is 6.17. The van der Waals surface area contributed by atoms with Gasteiger partial charge in [0, 0.05) is 35.6 Å². The molecule has 30 heavy (non-hydrogen) atoms. The molecule has 2 N–H and O–H groups in total. The van der Waals surface area contributed by atoms with Gasteiger partial charge in [-0.3, -0.25) is 0 Å². The zero-order chi connectivity index (χ0) is 20.8. The van der Waals surface area contributed by atoms with Gasteiger partial charge < -0.3 is 15.0 Å². The second-order valence-electron chi connectivity index (χ2n) is 7.27. The second kappa shape index (κ2) is 9.96. The average molecular weight is 421 g/mol. The fourth-order valence-corrected chi connectivity index (χ4v) is 4.53. The van der Waals surface area contributed by atoms with Crippen LogP contribution in [-0.4, -0.2) is 33.5 Å². The first kappa shape index (κ1) is 20.7. The predicted molar refractivity (Wildman–Crippen MR) is 126 cm³/mol. The summed E-state index contributed by atoms with van der Waals surface area (Å²) in [5, 5.41) is 1.09. The van der Waals surface area contributed by atoms with Crippen molar-refractivity contribution in [2.24, 2.45) is 0 Å². The molecule has 4 rings (SSSR count). The molecule has 0 amide bonds. The highest BCUT2D eigenvalue weighted by atomic mass is 32.2. The van der Waals surface area contributed by atoms with Gasteiger partial charge in [-0.15, -0.1) is 11.8 Å². The number of para-hydroxylation sites is 1. The summed E-state index contributed by atoms with van der Waals surface area (Å²) in [5.41, 5.74) is 9.02. The molecule has 0 aliphatic heterocycles. The summed E-state index contributed by atoms with van der Waals surface area (Å²) in [5.74, 6) is 2.62. The number of thioether (sulfide) groups is 1. The molecule has 0 unspecified atom stereocenters. The van der Waals surface area contributed by atoms with Crippen LogP contribution in [0.5, 0.6) is 0 Å². The smallest absolute Gasteiger partial charge is 0.152 e. The van der Waals surface area contributed by atoms with Crippen molar-refractivity contribution in [3.8, 4) is 0 Å². The van der Waals surface area contributed by atoms with Gasteiger partial charge in [-0.25, -0.2) is 9.97 Å². The third kappa shape index (κ3) is 4.60. The van der Waals surface area contributed by atoms with Gasteiger partial charge in [0.2, 0.25) is 0 Å². The Morgan fingerprint density at radius 3 is 2.63 bits per heavy atom. The van der Waals surface area contributed by atoms with E-state index in [-0.39, 0.29) is 0 Å². The van der Waals surface area contributed by atoms with Crippen molar-refractivity contribution in [1.29, 1.82) is 0 Å². The maximum Gasteiger partial charge on any atom is 0.152 e. The topological polar surface area (TPSA) is 66.0 Å². The summed E-state index contributed by atoms with van der Waals surface area (Å²) in [6, 6.07) is 18.6. The fourth-order valence-electron chi connectivity index (χ4n) is 3.69. The van der Waals surface area contributed by atoms with Crippen LogP contribution < -0.4 is 5.73 Å². The van der Waals surface area contributed by atoms with Crippen LogP contribution in [0.25, 0.3) is 21.9 Å². The molecule has 0 aliphatic carbocycles. The molecule has 5 nitrogen and oxygen atoms in total. The summed E-state index contributed by atoms with van der Waals surface area (Å²) in [4.78, 5) is 10.7. The Kier molecular flexibility index (Phi) is 6.87. The van der Waals surface area contributed by atoms with E-state index in [4.69, 9.17) is 15.5 Å². The van der Waals surface area contributed by atoms with Gasteiger partial charge in [0.05, 0.1) is 17.6 Å². The van der Waals surface area contributed by atoms with Crippen LogP contribution in [0.2, 0.25) is 0 Å². The minimum Gasteiger partial charge on any atom is -0.382 e. The lowest BCUT2D eigenvalue weighted by molar-refractivity contribution is 0.127. The third-order valence-electron chi connectivity index (χ3n) is 5.07. The number of benzene rings is 2. The lowest BCUT2D eigenvalue weighted by atomic mass is 10.2. The van der Waals surface area contributed by atoms with Crippen LogP contribution in [0.3, 0.4) is 0 Å². The van der Waals surface area contributed by atoms with Crippen LogP contribution in [0.4, 0.5) is 5.82 Å². The van der Waals surface area contributed by atoms with Crippen LogP contribution in [0.1, 0.15) is 25.6 Å². The molecule has 0 fully saturated rings. The Morgan fingerprint density at radius 2 is 1.80 bits per heavy atom. The molecule has 0 spiro atoms. The molecule has 2 aromatic heterocycles. The minimum absolute atomic E-state index is 0.499. The highest BCUT2D eigenvalue weighted by Crippen LogP contribution is 2.29. The maximum atomic E-state index is 6.24. The first-order valence-corrected chi connectivity index (χ1v) is 11.6. The van der Waals surface area contributed by atoms with E-state index >= 15 is 0 Å². The number of imidazole rings is 1. The maximum absolute atomic E-state index is 6.24. The summed E-state index contributed by atoms with van der Waals surface area (Å²) < 4.78 is 8.24.